The highest BCUT2D eigenvalue weighted by atomic mass is 35.5. The Kier molecular flexibility index (Phi) is 7.42. The summed E-state index contributed by atoms with van der Waals surface area (Å²) < 4.78 is 26.4. The minimum Gasteiger partial charge on any atom is -0.486 e. The van der Waals surface area contributed by atoms with Crippen LogP contribution in [0.1, 0.15) is 18.5 Å². The predicted octanol–water partition coefficient (Wildman–Crippen LogP) is 2.38. The largest absolute Gasteiger partial charge is 0.486 e. The molecule has 176 valence electrons. The molecule has 33 heavy (non-hydrogen) atoms. The lowest BCUT2D eigenvalue weighted by Crippen LogP contribution is -2.43. The van der Waals surface area contributed by atoms with Crippen LogP contribution in [0, 0.1) is 5.82 Å². The summed E-state index contributed by atoms with van der Waals surface area (Å²) in [5.41, 5.74) is 1.90. The maximum Gasteiger partial charge on any atom is 0.269 e. The van der Waals surface area contributed by atoms with Crippen molar-refractivity contribution in [3.8, 4) is 11.5 Å². The first-order valence-corrected chi connectivity index (χ1v) is 11.0. The van der Waals surface area contributed by atoms with Gasteiger partial charge in [-0.15, -0.1) is 12.4 Å². The lowest BCUT2D eigenvalue weighted by molar-refractivity contribution is 0.170. The normalized spacial score (nSPS) is 16.5. The molecule has 0 unspecified atom stereocenters. The highest BCUT2D eigenvalue weighted by molar-refractivity contribution is 5.85. The monoisotopic (exact) mass is 475 g/mol. The third-order valence-corrected chi connectivity index (χ3v) is 6.09. The first kappa shape index (κ1) is 23.4. The van der Waals surface area contributed by atoms with Crippen LogP contribution in [-0.4, -0.2) is 58.3 Å². The maximum absolute atomic E-state index is 13.7. The second-order valence-corrected chi connectivity index (χ2v) is 8.20. The van der Waals surface area contributed by atoms with Gasteiger partial charge in [-0.1, -0.05) is 0 Å². The number of nitrogens with one attached hydrogen (secondary N) is 1. The number of ether oxygens (including phenoxy) is 2. The van der Waals surface area contributed by atoms with Crippen LogP contribution in [0.25, 0.3) is 11.0 Å². The van der Waals surface area contributed by atoms with Crippen molar-refractivity contribution in [2.75, 3.05) is 32.8 Å². The lowest BCUT2D eigenvalue weighted by atomic mass is 10.0. The molecule has 2 aliphatic rings. The molecule has 4 heterocycles. The Morgan fingerprint density at radius 3 is 2.64 bits per heavy atom. The summed E-state index contributed by atoms with van der Waals surface area (Å²) in [5.74, 6) is 1.10. The molecule has 2 aromatic heterocycles. The number of hydrogen-bond acceptors (Lipinski definition) is 7. The van der Waals surface area contributed by atoms with Crippen molar-refractivity contribution in [1.82, 2.24) is 24.8 Å². The molecule has 0 atom stereocenters. The Labute approximate surface area is 197 Å². The molecule has 5 rings (SSSR count). The number of halogens is 2. The van der Waals surface area contributed by atoms with Gasteiger partial charge in [-0.2, -0.15) is 0 Å². The molecule has 10 heteroatoms. The van der Waals surface area contributed by atoms with E-state index in [1.165, 1.54) is 18.3 Å². The molecule has 8 nitrogen and oxygen atoms in total. The molecule has 0 aliphatic carbocycles. The van der Waals surface area contributed by atoms with Gasteiger partial charge in [0.05, 0.1) is 29.1 Å². The zero-order valence-electron chi connectivity index (χ0n) is 18.2. The summed E-state index contributed by atoms with van der Waals surface area (Å²) in [6.07, 6.45) is 5.07. The zero-order valence-corrected chi connectivity index (χ0v) is 19.0. The Bertz CT molecular complexity index is 1170. The van der Waals surface area contributed by atoms with Gasteiger partial charge in [-0.3, -0.25) is 9.78 Å². The highest BCUT2D eigenvalue weighted by Crippen LogP contribution is 2.29. The van der Waals surface area contributed by atoms with Gasteiger partial charge in [-0.05, 0) is 44.1 Å². The van der Waals surface area contributed by atoms with Crippen LogP contribution in [0.4, 0.5) is 4.39 Å². The third-order valence-electron chi connectivity index (χ3n) is 6.09. The first-order valence-electron chi connectivity index (χ1n) is 11.0. The number of pyridine rings is 1. The molecule has 2 aliphatic heterocycles. The Morgan fingerprint density at radius 2 is 1.82 bits per heavy atom. The second kappa shape index (κ2) is 10.5. The van der Waals surface area contributed by atoms with Crippen LogP contribution in [0.3, 0.4) is 0 Å². The summed E-state index contributed by atoms with van der Waals surface area (Å²) in [7, 11) is 0. The number of aromatic nitrogens is 3. The molecule has 1 aromatic carbocycles. The maximum atomic E-state index is 13.7. The van der Waals surface area contributed by atoms with E-state index in [4.69, 9.17) is 9.47 Å². The van der Waals surface area contributed by atoms with Gasteiger partial charge in [-0.25, -0.2) is 9.37 Å². The van der Waals surface area contributed by atoms with Crippen LogP contribution in [0.5, 0.6) is 11.5 Å². The van der Waals surface area contributed by atoms with E-state index in [2.05, 4.69) is 20.2 Å². The van der Waals surface area contributed by atoms with Crippen LogP contribution in [0.15, 0.2) is 41.5 Å². The first-order chi connectivity index (χ1) is 15.7. The smallest absolute Gasteiger partial charge is 0.269 e. The fourth-order valence-electron chi connectivity index (χ4n) is 4.30. The van der Waals surface area contributed by atoms with Crippen molar-refractivity contribution in [3.63, 3.8) is 0 Å². The van der Waals surface area contributed by atoms with Gasteiger partial charge in [0.25, 0.3) is 5.56 Å². The van der Waals surface area contributed by atoms with Gasteiger partial charge >= 0.3 is 0 Å². The zero-order chi connectivity index (χ0) is 21.9. The number of likely N-dealkylation sites (tertiary alicyclic amines) is 1. The molecular formula is C23H27ClFN5O3. The van der Waals surface area contributed by atoms with E-state index in [0.717, 1.165) is 43.9 Å². The molecule has 0 bridgehead atoms. The third kappa shape index (κ3) is 5.43. The van der Waals surface area contributed by atoms with Crippen molar-refractivity contribution in [2.24, 2.45) is 0 Å². The SMILES string of the molecule is Cl.O=c1cnc2ccc(F)cc2n1CCN1CCC(NCc2cc3c(cn2)OCCO3)CC1. The van der Waals surface area contributed by atoms with Crippen molar-refractivity contribution in [2.45, 2.75) is 32.0 Å². The molecule has 1 saturated heterocycles. The fourth-order valence-corrected chi connectivity index (χ4v) is 4.30. The highest BCUT2D eigenvalue weighted by Gasteiger charge is 2.20. The van der Waals surface area contributed by atoms with Gasteiger partial charge in [0, 0.05) is 31.7 Å². The molecular weight excluding hydrogens is 449 g/mol. The minimum absolute atomic E-state index is 0. The number of benzene rings is 1. The predicted molar refractivity (Wildman–Crippen MR) is 125 cm³/mol. The molecule has 3 aromatic rings. The summed E-state index contributed by atoms with van der Waals surface area (Å²) >= 11 is 0. The van der Waals surface area contributed by atoms with E-state index in [0.29, 0.717) is 49.1 Å². The van der Waals surface area contributed by atoms with Crippen molar-refractivity contribution >= 4 is 23.4 Å². The van der Waals surface area contributed by atoms with Crippen molar-refractivity contribution < 1.29 is 13.9 Å². The minimum atomic E-state index is -0.363. The molecule has 0 saturated carbocycles. The van der Waals surface area contributed by atoms with E-state index >= 15 is 0 Å². The Hall–Kier alpha value is -2.75. The summed E-state index contributed by atoms with van der Waals surface area (Å²) in [6, 6.07) is 6.71. The van der Waals surface area contributed by atoms with E-state index in [-0.39, 0.29) is 23.8 Å². The quantitative estimate of drug-likeness (QED) is 0.586. The fraction of sp³-hybridized carbons (Fsp3) is 0.435. The number of piperidine rings is 1. The van der Waals surface area contributed by atoms with E-state index < -0.39 is 0 Å². The second-order valence-electron chi connectivity index (χ2n) is 8.20. The van der Waals surface area contributed by atoms with Crippen molar-refractivity contribution in [1.29, 1.82) is 0 Å². The molecule has 0 amide bonds. The average molecular weight is 476 g/mol. The number of rotatable bonds is 6. The molecule has 0 radical (unpaired) electrons. The molecule has 1 N–H and O–H groups in total. The van der Waals surface area contributed by atoms with Crippen LogP contribution < -0.4 is 20.3 Å². The summed E-state index contributed by atoms with van der Waals surface area (Å²) in [6.45, 7) is 4.96. The van der Waals surface area contributed by atoms with E-state index in [1.54, 1.807) is 16.8 Å². The number of fused-ring (bicyclic) bond motifs is 2. The van der Waals surface area contributed by atoms with E-state index in [1.807, 2.05) is 6.07 Å². The summed E-state index contributed by atoms with van der Waals surface area (Å²) in [5, 5.41) is 3.59. The standard InChI is InChI=1S/C23H26FN5O3.ClH/c24-16-1-2-19-20(11-16)29(23(30)15-27-19)8-7-28-5-3-17(4-6-28)25-13-18-12-21-22(14-26-18)32-10-9-31-21;/h1-2,11-12,14-15,17,25H,3-10,13H2;1H. The summed E-state index contributed by atoms with van der Waals surface area (Å²) in [4.78, 5) is 23.2. The van der Waals surface area contributed by atoms with Crippen LogP contribution in [-0.2, 0) is 13.1 Å². The average Bonchev–Trinajstić information content (AvgIpc) is 2.82. The topological polar surface area (TPSA) is 81.5 Å². The Morgan fingerprint density at radius 1 is 1.03 bits per heavy atom. The van der Waals surface area contributed by atoms with Gasteiger partial charge in [0.1, 0.15) is 19.0 Å². The van der Waals surface area contributed by atoms with Crippen molar-refractivity contribution in [3.05, 3.63) is 58.5 Å². The number of hydrogen-bond donors (Lipinski definition) is 1. The Balaban J connectivity index is 0.00000259. The van der Waals surface area contributed by atoms with Gasteiger partial charge in [0.2, 0.25) is 0 Å². The van der Waals surface area contributed by atoms with Gasteiger partial charge in [0.15, 0.2) is 11.5 Å². The molecule has 0 spiro atoms. The lowest BCUT2D eigenvalue weighted by Gasteiger charge is -2.32. The van der Waals surface area contributed by atoms with E-state index in [9.17, 15) is 9.18 Å². The van der Waals surface area contributed by atoms with Crippen LogP contribution >= 0.6 is 12.4 Å². The van der Waals surface area contributed by atoms with Crippen LogP contribution in [0.2, 0.25) is 0 Å². The molecule has 1 fully saturated rings. The van der Waals surface area contributed by atoms with Gasteiger partial charge < -0.3 is 24.3 Å². The number of nitrogens with zero attached hydrogens (tertiary/aromatic N) is 4.